The largest absolute Gasteiger partial charge is 0.359 e. The summed E-state index contributed by atoms with van der Waals surface area (Å²) in [7, 11) is 0. The highest BCUT2D eigenvalue weighted by Crippen LogP contribution is 2.15. The van der Waals surface area contributed by atoms with Crippen LogP contribution in [0, 0.1) is 18.7 Å². The lowest BCUT2D eigenvalue weighted by Gasteiger charge is -2.22. The van der Waals surface area contributed by atoms with Gasteiger partial charge >= 0.3 is 0 Å². The Morgan fingerprint density at radius 1 is 1.03 bits per heavy atom. The van der Waals surface area contributed by atoms with E-state index in [1.165, 1.54) is 12.1 Å². The average Bonchev–Trinajstić information content (AvgIpc) is 3.22. The van der Waals surface area contributed by atoms with Crippen molar-refractivity contribution in [3.63, 3.8) is 0 Å². The molecule has 1 heterocycles. The monoisotopic (exact) mass is 437 g/mol. The topological polar surface area (TPSA) is 75.4 Å². The summed E-state index contributed by atoms with van der Waals surface area (Å²) >= 11 is 0. The first-order valence-electron chi connectivity index (χ1n) is 10.6. The fourth-order valence-corrected chi connectivity index (χ4v) is 3.18. The van der Waals surface area contributed by atoms with Gasteiger partial charge in [0.2, 0.25) is 5.91 Å². The van der Waals surface area contributed by atoms with E-state index in [0.717, 1.165) is 16.7 Å². The third kappa shape index (κ3) is 6.77. The number of nitrogens with one attached hydrogen (secondary N) is 1. The molecule has 0 unspecified atom stereocenters. The normalized spacial score (nSPS) is 10.9. The molecule has 0 saturated heterocycles. The number of carbonyl (C=O) groups excluding carboxylic acids is 2. The Bertz CT molecular complexity index is 1040. The van der Waals surface area contributed by atoms with Crippen LogP contribution in [0.25, 0.3) is 0 Å². The minimum absolute atomic E-state index is 0.0132. The van der Waals surface area contributed by atoms with Gasteiger partial charge in [-0.3, -0.25) is 9.59 Å². The van der Waals surface area contributed by atoms with Crippen LogP contribution in [0.1, 0.15) is 53.2 Å². The van der Waals surface area contributed by atoms with Crippen molar-refractivity contribution in [2.24, 2.45) is 5.92 Å². The molecule has 0 atom stereocenters. The summed E-state index contributed by atoms with van der Waals surface area (Å²) in [5.74, 6) is -0.0580. The van der Waals surface area contributed by atoms with Gasteiger partial charge in [-0.15, -0.1) is 0 Å². The summed E-state index contributed by atoms with van der Waals surface area (Å²) in [4.78, 5) is 26.9. The number of aryl methyl sites for hydroxylation is 1. The molecule has 0 aliphatic heterocycles. The molecule has 1 N–H and O–H groups in total. The molecule has 0 aliphatic carbocycles. The summed E-state index contributed by atoms with van der Waals surface area (Å²) in [5, 5.41) is 6.58. The van der Waals surface area contributed by atoms with Gasteiger partial charge in [-0.05, 0) is 36.1 Å². The summed E-state index contributed by atoms with van der Waals surface area (Å²) < 4.78 is 18.3. The number of carbonyl (C=O) groups is 2. The van der Waals surface area contributed by atoms with Crippen molar-refractivity contribution in [3.05, 3.63) is 88.6 Å². The summed E-state index contributed by atoms with van der Waals surface area (Å²) in [6.45, 7) is 6.92. The molecule has 3 rings (SSSR count). The van der Waals surface area contributed by atoms with Crippen molar-refractivity contribution in [3.8, 4) is 0 Å². The molecule has 7 heteroatoms. The van der Waals surface area contributed by atoms with Crippen molar-refractivity contribution in [2.45, 2.75) is 46.8 Å². The van der Waals surface area contributed by atoms with Crippen LogP contribution >= 0.6 is 0 Å². The maximum absolute atomic E-state index is 13.0. The van der Waals surface area contributed by atoms with E-state index in [1.807, 2.05) is 45.0 Å². The van der Waals surface area contributed by atoms with E-state index in [0.29, 0.717) is 18.7 Å². The van der Waals surface area contributed by atoms with E-state index in [1.54, 1.807) is 23.1 Å². The Morgan fingerprint density at radius 3 is 2.34 bits per heavy atom. The van der Waals surface area contributed by atoms with Crippen LogP contribution in [0.15, 0.2) is 59.1 Å². The minimum Gasteiger partial charge on any atom is -0.359 e. The Morgan fingerprint density at radius 2 is 1.69 bits per heavy atom. The van der Waals surface area contributed by atoms with Gasteiger partial charge in [-0.1, -0.05) is 61.0 Å². The predicted molar refractivity (Wildman–Crippen MR) is 119 cm³/mol. The van der Waals surface area contributed by atoms with E-state index < -0.39 is 5.91 Å². The molecule has 32 heavy (non-hydrogen) atoms. The number of aromatic nitrogens is 1. The van der Waals surface area contributed by atoms with Crippen LogP contribution in [-0.4, -0.2) is 21.9 Å². The van der Waals surface area contributed by atoms with E-state index in [2.05, 4.69) is 10.5 Å². The number of benzene rings is 2. The third-order valence-electron chi connectivity index (χ3n) is 4.93. The zero-order valence-corrected chi connectivity index (χ0v) is 18.6. The standard InChI is InChI=1S/C25H28FN3O3/c1-17(2)12-24(30)29(15-20-6-4-18(3)5-7-20)16-22-13-23(28-32-22)25(31)27-14-19-8-10-21(26)11-9-19/h4-11,13,17H,12,14-16H2,1-3H3,(H,27,31). The van der Waals surface area contributed by atoms with Gasteiger partial charge < -0.3 is 14.7 Å². The maximum atomic E-state index is 13.0. The van der Waals surface area contributed by atoms with Gasteiger partial charge in [0.25, 0.3) is 5.91 Å². The Kier molecular flexibility index (Phi) is 7.76. The quantitative estimate of drug-likeness (QED) is 0.530. The minimum atomic E-state index is -0.400. The second-order valence-electron chi connectivity index (χ2n) is 8.32. The van der Waals surface area contributed by atoms with Crippen molar-refractivity contribution >= 4 is 11.8 Å². The van der Waals surface area contributed by atoms with Crippen LogP contribution in [0.4, 0.5) is 4.39 Å². The van der Waals surface area contributed by atoms with Gasteiger partial charge in [0, 0.05) is 25.6 Å². The van der Waals surface area contributed by atoms with Gasteiger partial charge in [0.1, 0.15) is 5.82 Å². The van der Waals surface area contributed by atoms with Crippen molar-refractivity contribution in [2.75, 3.05) is 0 Å². The van der Waals surface area contributed by atoms with Crippen LogP contribution in [0.5, 0.6) is 0 Å². The molecule has 0 spiro atoms. The Hall–Kier alpha value is -3.48. The average molecular weight is 438 g/mol. The SMILES string of the molecule is Cc1ccc(CN(Cc2cc(C(=O)NCc3ccc(F)cc3)no2)C(=O)CC(C)C)cc1. The number of halogens is 1. The lowest BCUT2D eigenvalue weighted by atomic mass is 10.1. The van der Waals surface area contributed by atoms with Crippen molar-refractivity contribution < 1.29 is 18.5 Å². The zero-order chi connectivity index (χ0) is 23.1. The van der Waals surface area contributed by atoms with Crippen LogP contribution in [0.3, 0.4) is 0 Å². The second kappa shape index (κ2) is 10.7. The lowest BCUT2D eigenvalue weighted by molar-refractivity contribution is -0.133. The van der Waals surface area contributed by atoms with E-state index in [4.69, 9.17) is 4.52 Å². The van der Waals surface area contributed by atoms with Crippen molar-refractivity contribution in [1.82, 2.24) is 15.4 Å². The lowest BCUT2D eigenvalue weighted by Crippen LogP contribution is -2.30. The highest BCUT2D eigenvalue weighted by Gasteiger charge is 2.20. The number of hydrogen-bond acceptors (Lipinski definition) is 4. The van der Waals surface area contributed by atoms with Crippen LogP contribution in [0.2, 0.25) is 0 Å². The first-order valence-corrected chi connectivity index (χ1v) is 10.6. The molecular weight excluding hydrogens is 409 g/mol. The van der Waals surface area contributed by atoms with Gasteiger partial charge in [-0.25, -0.2) is 4.39 Å². The molecule has 168 valence electrons. The molecule has 0 aliphatic rings. The second-order valence-corrected chi connectivity index (χ2v) is 8.32. The highest BCUT2D eigenvalue weighted by atomic mass is 19.1. The zero-order valence-electron chi connectivity index (χ0n) is 18.6. The fraction of sp³-hybridized carbons (Fsp3) is 0.320. The molecule has 0 bridgehead atoms. The van der Waals surface area contributed by atoms with Gasteiger partial charge in [0.15, 0.2) is 11.5 Å². The first-order chi connectivity index (χ1) is 15.3. The summed E-state index contributed by atoms with van der Waals surface area (Å²) in [6, 6.07) is 15.5. The summed E-state index contributed by atoms with van der Waals surface area (Å²) in [6.07, 6.45) is 0.422. The molecular formula is C25H28FN3O3. The molecule has 1 aromatic heterocycles. The first kappa shape index (κ1) is 23.2. The Balaban J connectivity index is 1.65. The number of hydrogen-bond donors (Lipinski definition) is 1. The molecule has 6 nitrogen and oxygen atoms in total. The molecule has 3 aromatic rings. The van der Waals surface area contributed by atoms with E-state index in [9.17, 15) is 14.0 Å². The molecule has 2 aromatic carbocycles. The highest BCUT2D eigenvalue weighted by molar-refractivity contribution is 5.92. The summed E-state index contributed by atoms with van der Waals surface area (Å²) in [5.41, 5.74) is 3.07. The number of nitrogens with zero attached hydrogens (tertiary/aromatic N) is 2. The molecule has 2 amide bonds. The van der Waals surface area contributed by atoms with Gasteiger partial charge in [0.05, 0.1) is 6.54 Å². The van der Waals surface area contributed by atoms with Crippen molar-refractivity contribution in [1.29, 1.82) is 0 Å². The fourth-order valence-electron chi connectivity index (χ4n) is 3.18. The molecule has 0 fully saturated rings. The maximum Gasteiger partial charge on any atom is 0.273 e. The van der Waals surface area contributed by atoms with Crippen LogP contribution < -0.4 is 5.32 Å². The predicted octanol–water partition coefficient (Wildman–Crippen LogP) is 4.63. The van der Waals surface area contributed by atoms with E-state index in [-0.39, 0.29) is 36.4 Å². The van der Waals surface area contributed by atoms with E-state index >= 15 is 0 Å². The number of rotatable bonds is 9. The Labute approximate surface area is 187 Å². The van der Waals surface area contributed by atoms with Crippen LogP contribution in [-0.2, 0) is 24.4 Å². The smallest absolute Gasteiger partial charge is 0.273 e. The molecule has 0 saturated carbocycles. The third-order valence-corrected chi connectivity index (χ3v) is 4.93. The number of amides is 2. The molecule has 0 radical (unpaired) electrons. The van der Waals surface area contributed by atoms with Gasteiger partial charge in [-0.2, -0.15) is 0 Å².